The Bertz CT molecular complexity index is 1820. The zero-order chi connectivity index (χ0) is 31.8. The summed E-state index contributed by atoms with van der Waals surface area (Å²) in [6, 6.07) is 27.1. The van der Waals surface area contributed by atoms with Crippen LogP contribution in [0.4, 0.5) is 0 Å². The van der Waals surface area contributed by atoms with E-state index in [0.717, 1.165) is 53.9 Å². The van der Waals surface area contributed by atoms with E-state index in [1.54, 1.807) is 7.11 Å². The quantitative estimate of drug-likeness (QED) is 0.233. The lowest BCUT2D eigenvalue weighted by Gasteiger charge is -2.29. The summed E-state index contributed by atoms with van der Waals surface area (Å²) in [4.78, 5) is 34.8. The van der Waals surface area contributed by atoms with E-state index in [2.05, 4.69) is 66.4 Å². The summed E-state index contributed by atoms with van der Waals surface area (Å²) >= 11 is 0. The highest BCUT2D eigenvalue weighted by molar-refractivity contribution is 5.95. The summed E-state index contributed by atoms with van der Waals surface area (Å²) in [7, 11) is 1.71. The van der Waals surface area contributed by atoms with Gasteiger partial charge in [0.25, 0.3) is 5.91 Å². The SMILES string of the molecule is CCCN(Cc1cccc2ccccc12)C(=O)c1nn(CCO)c2c1CN(Cc1ccc(OC)c3ccccc13)CC2.O=C=O. The lowest BCUT2D eigenvalue weighted by atomic mass is 10.00. The van der Waals surface area contributed by atoms with Crippen molar-refractivity contribution in [2.75, 3.05) is 26.8 Å². The number of methoxy groups -OCH3 is 1. The molecule has 0 unspecified atom stereocenters. The Morgan fingerprint density at radius 3 is 2.40 bits per heavy atom. The fraction of sp³-hybridized carbons (Fsp3) is 0.306. The van der Waals surface area contributed by atoms with Gasteiger partial charge in [0.15, 0.2) is 5.69 Å². The van der Waals surface area contributed by atoms with Crippen LogP contribution in [0.1, 0.15) is 46.2 Å². The molecule has 0 atom stereocenters. The van der Waals surface area contributed by atoms with Crippen molar-refractivity contribution in [2.45, 2.75) is 45.9 Å². The number of ether oxygens (including phenoxy) is 1. The van der Waals surface area contributed by atoms with Gasteiger partial charge in [0.2, 0.25) is 0 Å². The number of aromatic nitrogens is 2. The average molecular weight is 607 g/mol. The Balaban J connectivity index is 0.00000128. The van der Waals surface area contributed by atoms with Gasteiger partial charge in [-0.2, -0.15) is 14.7 Å². The molecule has 45 heavy (non-hydrogen) atoms. The summed E-state index contributed by atoms with van der Waals surface area (Å²) in [5.74, 6) is 0.824. The molecule has 1 amide bonds. The van der Waals surface area contributed by atoms with E-state index in [1.807, 2.05) is 33.8 Å². The molecule has 1 N–H and O–H groups in total. The summed E-state index contributed by atoms with van der Waals surface area (Å²) in [6.45, 7) is 5.89. The standard InChI is InChI=1S/C35H38N4O3.CO2/c1-3-18-38(23-26-11-8-10-25-9-4-5-12-28(25)26)35(41)34-31-24-37(19-17-32(31)39(36-34)20-21-40)22-27-15-16-33(42-2)30-14-7-6-13-29(27)30;2-1-3/h4-16,40H,3,17-24H2,1-2H3;. The number of rotatable bonds is 10. The van der Waals surface area contributed by atoms with E-state index in [0.29, 0.717) is 31.9 Å². The maximum absolute atomic E-state index is 14.2. The second kappa shape index (κ2) is 14.8. The molecule has 1 aromatic heterocycles. The van der Waals surface area contributed by atoms with Crippen molar-refractivity contribution in [3.05, 3.63) is 107 Å². The molecule has 1 aliphatic rings. The van der Waals surface area contributed by atoms with E-state index >= 15 is 0 Å². The van der Waals surface area contributed by atoms with Gasteiger partial charge in [0, 0.05) is 55.8 Å². The second-order valence-electron chi connectivity index (χ2n) is 11.1. The van der Waals surface area contributed by atoms with Gasteiger partial charge < -0.3 is 14.7 Å². The second-order valence-corrected chi connectivity index (χ2v) is 11.1. The van der Waals surface area contributed by atoms with Crippen LogP contribution in [0.3, 0.4) is 0 Å². The molecule has 9 heteroatoms. The number of aliphatic hydroxyl groups is 1. The normalized spacial score (nSPS) is 12.7. The van der Waals surface area contributed by atoms with Gasteiger partial charge in [-0.15, -0.1) is 0 Å². The minimum Gasteiger partial charge on any atom is -0.496 e. The zero-order valence-corrected chi connectivity index (χ0v) is 25.7. The highest BCUT2D eigenvalue weighted by Crippen LogP contribution is 2.31. The molecule has 0 fully saturated rings. The molecule has 4 aromatic carbocycles. The molecule has 1 aliphatic heterocycles. The molecule has 0 saturated carbocycles. The third kappa shape index (κ3) is 6.81. The number of benzene rings is 4. The van der Waals surface area contributed by atoms with Crippen LogP contribution >= 0.6 is 0 Å². The van der Waals surface area contributed by atoms with Crippen molar-refractivity contribution in [3.8, 4) is 5.75 Å². The monoisotopic (exact) mass is 606 g/mol. The number of carbonyl (C=O) groups is 1. The van der Waals surface area contributed by atoms with Crippen molar-refractivity contribution >= 4 is 33.6 Å². The first-order chi connectivity index (χ1) is 22.0. The third-order valence-electron chi connectivity index (χ3n) is 8.34. The average Bonchev–Trinajstić information content (AvgIpc) is 3.42. The molecule has 232 valence electrons. The summed E-state index contributed by atoms with van der Waals surface area (Å²) in [5, 5.41) is 19.2. The molecular formula is C36H38N4O5. The van der Waals surface area contributed by atoms with Crippen LogP contribution in [0.2, 0.25) is 0 Å². The van der Waals surface area contributed by atoms with Crippen molar-refractivity contribution in [2.24, 2.45) is 0 Å². The Labute approximate surface area is 262 Å². The fourth-order valence-corrected chi connectivity index (χ4v) is 6.33. The highest BCUT2D eigenvalue weighted by Gasteiger charge is 2.30. The number of hydrogen-bond acceptors (Lipinski definition) is 7. The van der Waals surface area contributed by atoms with Crippen LogP contribution in [0.15, 0.2) is 78.9 Å². The van der Waals surface area contributed by atoms with Gasteiger partial charge in [-0.25, -0.2) is 0 Å². The van der Waals surface area contributed by atoms with Crippen molar-refractivity contribution < 1.29 is 24.2 Å². The molecule has 9 nitrogen and oxygen atoms in total. The van der Waals surface area contributed by atoms with E-state index < -0.39 is 0 Å². The zero-order valence-electron chi connectivity index (χ0n) is 25.7. The third-order valence-corrected chi connectivity index (χ3v) is 8.34. The van der Waals surface area contributed by atoms with Crippen LogP contribution in [0.5, 0.6) is 5.75 Å². The Morgan fingerprint density at radius 1 is 0.956 bits per heavy atom. The number of nitrogens with zero attached hydrogens (tertiary/aromatic N) is 4. The molecule has 0 radical (unpaired) electrons. The largest absolute Gasteiger partial charge is 0.496 e. The molecular weight excluding hydrogens is 568 g/mol. The van der Waals surface area contributed by atoms with Crippen LogP contribution in [0, 0.1) is 0 Å². The minimum atomic E-state index is -0.0468. The summed E-state index contributed by atoms with van der Waals surface area (Å²) in [5.41, 5.74) is 4.92. The Hall–Kier alpha value is -4.82. The summed E-state index contributed by atoms with van der Waals surface area (Å²) in [6.07, 6.45) is 1.88. The molecule has 0 spiro atoms. The number of carbonyl (C=O) groups excluding carboxylic acids is 3. The smallest absolute Gasteiger partial charge is 0.373 e. The molecule has 0 bridgehead atoms. The van der Waals surface area contributed by atoms with Gasteiger partial charge in [-0.3, -0.25) is 14.4 Å². The molecule has 0 saturated heterocycles. The first kappa shape index (κ1) is 31.6. The molecule has 0 aliphatic carbocycles. The van der Waals surface area contributed by atoms with E-state index in [9.17, 15) is 9.90 Å². The van der Waals surface area contributed by atoms with Crippen molar-refractivity contribution in [1.29, 1.82) is 0 Å². The van der Waals surface area contributed by atoms with Crippen LogP contribution < -0.4 is 4.74 Å². The number of fused-ring (bicyclic) bond motifs is 3. The van der Waals surface area contributed by atoms with Gasteiger partial charge in [0.05, 0.1) is 20.3 Å². The van der Waals surface area contributed by atoms with Gasteiger partial charge in [-0.05, 0) is 39.8 Å². The van der Waals surface area contributed by atoms with Crippen molar-refractivity contribution in [3.63, 3.8) is 0 Å². The van der Waals surface area contributed by atoms with E-state index in [4.69, 9.17) is 19.4 Å². The van der Waals surface area contributed by atoms with E-state index in [-0.39, 0.29) is 18.7 Å². The van der Waals surface area contributed by atoms with Crippen LogP contribution in [0.25, 0.3) is 21.5 Å². The topological polar surface area (TPSA) is 105 Å². The maximum Gasteiger partial charge on any atom is 0.373 e. The van der Waals surface area contributed by atoms with Gasteiger partial charge >= 0.3 is 6.15 Å². The Kier molecular flexibility index (Phi) is 10.4. The molecule has 2 heterocycles. The van der Waals surface area contributed by atoms with Gasteiger partial charge in [-0.1, -0.05) is 79.7 Å². The predicted molar refractivity (Wildman–Crippen MR) is 172 cm³/mol. The number of aliphatic hydroxyl groups excluding tert-OH is 1. The van der Waals surface area contributed by atoms with Crippen molar-refractivity contribution in [1.82, 2.24) is 19.6 Å². The van der Waals surface area contributed by atoms with Crippen LogP contribution in [-0.4, -0.2) is 63.6 Å². The number of amides is 1. The highest BCUT2D eigenvalue weighted by atomic mass is 16.5. The lowest BCUT2D eigenvalue weighted by molar-refractivity contribution is -0.191. The minimum absolute atomic E-state index is 0.0159. The fourth-order valence-electron chi connectivity index (χ4n) is 6.33. The lowest BCUT2D eigenvalue weighted by Crippen LogP contribution is -2.34. The number of hydrogen-bond donors (Lipinski definition) is 1. The first-order valence-electron chi connectivity index (χ1n) is 15.2. The summed E-state index contributed by atoms with van der Waals surface area (Å²) < 4.78 is 7.46. The predicted octanol–water partition coefficient (Wildman–Crippen LogP) is 5.22. The van der Waals surface area contributed by atoms with Gasteiger partial charge in [0.1, 0.15) is 5.75 Å². The molecule has 6 rings (SSSR count). The van der Waals surface area contributed by atoms with E-state index in [1.165, 1.54) is 21.7 Å². The molecule has 5 aromatic rings. The first-order valence-corrected chi connectivity index (χ1v) is 15.2. The maximum atomic E-state index is 14.2. The Morgan fingerprint density at radius 2 is 1.67 bits per heavy atom. The van der Waals surface area contributed by atoms with Crippen LogP contribution in [-0.2, 0) is 42.2 Å².